The van der Waals surface area contributed by atoms with Crippen molar-refractivity contribution in [2.24, 2.45) is 0 Å². The van der Waals surface area contributed by atoms with Crippen LogP contribution in [0.3, 0.4) is 0 Å². The second kappa shape index (κ2) is 6.23. The molecule has 0 aromatic heterocycles. The van der Waals surface area contributed by atoms with Gasteiger partial charge in [0, 0.05) is 24.0 Å². The number of nitrogens with zero attached hydrogens (tertiary/aromatic N) is 1. The van der Waals surface area contributed by atoms with Crippen LogP contribution >= 0.6 is 11.6 Å². The summed E-state index contributed by atoms with van der Waals surface area (Å²) < 4.78 is 25.2. The Morgan fingerprint density at radius 1 is 1.43 bits per heavy atom. The number of hydrogen-bond donors (Lipinski definition) is 1. The van der Waals surface area contributed by atoms with E-state index in [9.17, 15) is 13.2 Å². The van der Waals surface area contributed by atoms with Crippen LogP contribution in [0.1, 0.15) is 24.8 Å². The predicted molar refractivity (Wildman–Crippen MR) is 84.2 cm³/mol. The molecule has 7 heteroatoms. The van der Waals surface area contributed by atoms with Gasteiger partial charge in [0.1, 0.15) is 0 Å². The molecule has 116 valence electrons. The minimum atomic E-state index is -3.47. The molecule has 0 unspecified atom stereocenters. The average Bonchev–Trinajstić information content (AvgIpc) is 3.16. The Kier molecular flexibility index (Phi) is 4.78. The first kappa shape index (κ1) is 16.1. The second-order valence-corrected chi connectivity index (χ2v) is 7.70. The van der Waals surface area contributed by atoms with Crippen LogP contribution in [0.2, 0.25) is 5.02 Å². The molecule has 0 bridgehead atoms. The maximum absolute atomic E-state index is 12.0. The van der Waals surface area contributed by atoms with Crippen LogP contribution in [0.25, 0.3) is 0 Å². The van der Waals surface area contributed by atoms with E-state index in [-0.39, 0.29) is 24.9 Å². The topological polar surface area (TPSA) is 66.5 Å². The van der Waals surface area contributed by atoms with E-state index in [1.165, 1.54) is 4.31 Å². The molecule has 1 N–H and O–H groups in total. The van der Waals surface area contributed by atoms with Crippen LogP contribution in [0, 0.1) is 6.92 Å². The Balaban J connectivity index is 2.14. The highest BCUT2D eigenvalue weighted by atomic mass is 35.5. The van der Waals surface area contributed by atoms with Gasteiger partial charge in [0.05, 0.1) is 11.9 Å². The molecule has 0 saturated heterocycles. The minimum absolute atomic E-state index is 0.110. The number of carbonyl (C=O) groups excluding carboxylic acids is 1. The summed E-state index contributed by atoms with van der Waals surface area (Å²) in [5.41, 5.74) is 1.32. The van der Waals surface area contributed by atoms with Crippen LogP contribution in [0.4, 0.5) is 5.69 Å². The standard InChI is InChI=1S/C14H19ClN2O3S/c1-10-3-4-11(15)9-13(10)17(21(2,19)20)8-7-14(18)16-12-5-6-12/h3-4,9,12H,5-8H2,1-2H3,(H,16,18). The van der Waals surface area contributed by atoms with Crippen LogP contribution in [-0.4, -0.2) is 33.2 Å². The first-order valence-electron chi connectivity index (χ1n) is 6.80. The van der Waals surface area contributed by atoms with E-state index in [4.69, 9.17) is 11.6 Å². The van der Waals surface area contributed by atoms with Crippen molar-refractivity contribution in [3.05, 3.63) is 28.8 Å². The first-order chi connectivity index (χ1) is 9.77. The SMILES string of the molecule is Cc1ccc(Cl)cc1N(CCC(=O)NC1CC1)S(C)(=O)=O. The number of sulfonamides is 1. The molecule has 1 aliphatic rings. The lowest BCUT2D eigenvalue weighted by Gasteiger charge is -2.24. The molecule has 0 atom stereocenters. The Labute approximate surface area is 130 Å². The van der Waals surface area contributed by atoms with Gasteiger partial charge in [0.25, 0.3) is 0 Å². The van der Waals surface area contributed by atoms with Gasteiger partial charge in [-0.1, -0.05) is 17.7 Å². The van der Waals surface area contributed by atoms with Gasteiger partial charge >= 0.3 is 0 Å². The summed E-state index contributed by atoms with van der Waals surface area (Å²) in [7, 11) is -3.47. The molecule has 1 saturated carbocycles. The third-order valence-electron chi connectivity index (χ3n) is 3.32. The minimum Gasteiger partial charge on any atom is -0.353 e. The van der Waals surface area contributed by atoms with Gasteiger partial charge in [0.15, 0.2) is 0 Å². The number of benzene rings is 1. The van der Waals surface area contributed by atoms with E-state index in [0.29, 0.717) is 10.7 Å². The monoisotopic (exact) mass is 330 g/mol. The summed E-state index contributed by atoms with van der Waals surface area (Å²) in [4.78, 5) is 11.7. The molecule has 0 heterocycles. The zero-order valence-corrected chi connectivity index (χ0v) is 13.7. The number of carbonyl (C=O) groups is 1. The van der Waals surface area contributed by atoms with Gasteiger partial charge in [-0.2, -0.15) is 0 Å². The molecular weight excluding hydrogens is 312 g/mol. The zero-order valence-electron chi connectivity index (χ0n) is 12.1. The molecule has 0 spiro atoms. The summed E-state index contributed by atoms with van der Waals surface area (Å²) in [5, 5.41) is 3.32. The molecule has 1 fully saturated rings. The maximum Gasteiger partial charge on any atom is 0.232 e. The predicted octanol–water partition coefficient (Wildman–Crippen LogP) is 2.08. The van der Waals surface area contributed by atoms with Gasteiger partial charge in [-0.15, -0.1) is 0 Å². The number of amides is 1. The molecule has 2 rings (SSSR count). The quantitative estimate of drug-likeness (QED) is 0.868. The summed E-state index contributed by atoms with van der Waals surface area (Å²) >= 11 is 5.95. The maximum atomic E-state index is 12.0. The Bertz CT molecular complexity index is 642. The highest BCUT2D eigenvalue weighted by Crippen LogP contribution is 2.26. The number of anilines is 1. The highest BCUT2D eigenvalue weighted by molar-refractivity contribution is 7.92. The van der Waals surface area contributed by atoms with Crippen molar-refractivity contribution >= 4 is 33.2 Å². The van der Waals surface area contributed by atoms with Crippen molar-refractivity contribution in [3.63, 3.8) is 0 Å². The lowest BCUT2D eigenvalue weighted by molar-refractivity contribution is -0.121. The van der Waals surface area contributed by atoms with Crippen LogP contribution in [-0.2, 0) is 14.8 Å². The van der Waals surface area contributed by atoms with Crippen molar-refractivity contribution in [2.45, 2.75) is 32.2 Å². The fourth-order valence-corrected chi connectivity index (χ4v) is 3.19. The molecule has 21 heavy (non-hydrogen) atoms. The van der Waals surface area contributed by atoms with Gasteiger partial charge in [-0.25, -0.2) is 8.42 Å². The van der Waals surface area contributed by atoms with E-state index in [1.54, 1.807) is 18.2 Å². The second-order valence-electron chi connectivity index (χ2n) is 5.36. The Morgan fingerprint density at radius 3 is 2.67 bits per heavy atom. The number of rotatable bonds is 6. The van der Waals surface area contributed by atoms with Crippen molar-refractivity contribution < 1.29 is 13.2 Å². The zero-order chi connectivity index (χ0) is 15.6. The summed E-state index contributed by atoms with van der Waals surface area (Å²) in [5.74, 6) is -0.120. The third-order valence-corrected chi connectivity index (χ3v) is 4.74. The number of aryl methyl sites for hydroxylation is 1. The fraction of sp³-hybridized carbons (Fsp3) is 0.500. The number of hydrogen-bond acceptors (Lipinski definition) is 3. The van der Waals surface area contributed by atoms with Gasteiger partial charge in [0.2, 0.25) is 15.9 Å². The van der Waals surface area contributed by atoms with E-state index in [2.05, 4.69) is 5.32 Å². The van der Waals surface area contributed by atoms with Gasteiger partial charge in [-0.3, -0.25) is 9.10 Å². The van der Waals surface area contributed by atoms with Crippen molar-refractivity contribution in [1.29, 1.82) is 0 Å². The lowest BCUT2D eigenvalue weighted by atomic mass is 10.2. The van der Waals surface area contributed by atoms with E-state index < -0.39 is 10.0 Å². The van der Waals surface area contributed by atoms with E-state index >= 15 is 0 Å². The van der Waals surface area contributed by atoms with E-state index in [0.717, 1.165) is 24.7 Å². The van der Waals surface area contributed by atoms with Crippen LogP contribution in [0.5, 0.6) is 0 Å². The summed E-state index contributed by atoms with van der Waals surface area (Å²) in [6, 6.07) is 5.36. The van der Waals surface area contributed by atoms with E-state index in [1.807, 2.05) is 6.92 Å². The average molecular weight is 331 g/mol. The Hall–Kier alpha value is -1.27. The third kappa shape index (κ3) is 4.61. The molecule has 1 aliphatic carbocycles. The number of nitrogens with one attached hydrogen (secondary N) is 1. The molecule has 5 nitrogen and oxygen atoms in total. The summed E-state index contributed by atoms with van der Waals surface area (Å²) in [6.07, 6.45) is 3.28. The largest absolute Gasteiger partial charge is 0.353 e. The number of halogens is 1. The van der Waals surface area contributed by atoms with Crippen LogP contribution in [0.15, 0.2) is 18.2 Å². The highest BCUT2D eigenvalue weighted by Gasteiger charge is 2.25. The van der Waals surface area contributed by atoms with Crippen molar-refractivity contribution in [2.75, 3.05) is 17.1 Å². The van der Waals surface area contributed by atoms with Gasteiger partial charge in [-0.05, 0) is 37.5 Å². The van der Waals surface area contributed by atoms with Crippen molar-refractivity contribution in [1.82, 2.24) is 5.32 Å². The smallest absolute Gasteiger partial charge is 0.232 e. The fourth-order valence-electron chi connectivity index (χ4n) is 2.05. The van der Waals surface area contributed by atoms with Gasteiger partial charge < -0.3 is 5.32 Å². The Morgan fingerprint density at radius 2 is 2.10 bits per heavy atom. The molecule has 1 aromatic rings. The lowest BCUT2D eigenvalue weighted by Crippen LogP contribution is -2.35. The molecule has 0 aliphatic heterocycles. The molecule has 1 aromatic carbocycles. The summed E-state index contributed by atoms with van der Waals surface area (Å²) in [6.45, 7) is 1.92. The molecule has 1 amide bonds. The first-order valence-corrected chi connectivity index (χ1v) is 9.03. The normalized spacial score (nSPS) is 14.8. The molecular formula is C14H19ClN2O3S. The molecule has 0 radical (unpaired) electrons. The van der Waals surface area contributed by atoms with Crippen molar-refractivity contribution in [3.8, 4) is 0 Å². The van der Waals surface area contributed by atoms with Crippen LogP contribution < -0.4 is 9.62 Å².